The third kappa shape index (κ3) is 4.25. The molecule has 3 aliphatic rings. The average Bonchev–Trinajstić information content (AvgIpc) is 3.15. The fourth-order valence-electron chi connectivity index (χ4n) is 5.82. The molecule has 5 rings (SSSR count). The zero-order valence-electron chi connectivity index (χ0n) is 21.8. The molecule has 1 unspecified atom stereocenters. The summed E-state index contributed by atoms with van der Waals surface area (Å²) in [4.78, 5) is 58.2. The number of piperazine rings is 1. The van der Waals surface area contributed by atoms with E-state index in [-0.39, 0.29) is 33.7 Å². The Hall–Kier alpha value is -3.84. The topological polar surface area (TPSA) is 154 Å². The molecule has 2 aromatic heterocycles. The van der Waals surface area contributed by atoms with Gasteiger partial charge in [0, 0.05) is 50.4 Å². The Labute approximate surface area is 222 Å². The summed E-state index contributed by atoms with van der Waals surface area (Å²) in [5, 5.41) is 22.9. The summed E-state index contributed by atoms with van der Waals surface area (Å²) in [7, 11) is 0. The van der Waals surface area contributed by atoms with Crippen LogP contribution in [-0.2, 0) is 20.9 Å². The quantitative estimate of drug-likeness (QED) is 0.329. The lowest BCUT2D eigenvalue weighted by molar-refractivity contribution is -0.163. The minimum Gasteiger partial charge on any atom is -0.477 e. The summed E-state index contributed by atoms with van der Waals surface area (Å²) in [6.45, 7) is 7.30. The number of rotatable bonds is 7. The number of hydrogen-bond donors (Lipinski definition) is 3. The van der Waals surface area contributed by atoms with Gasteiger partial charge in [0.1, 0.15) is 23.5 Å². The Bertz CT molecular complexity index is 1460. The number of carbonyl (C=O) groups is 3. The number of fused-ring (bicyclic) bond motifs is 2. The highest BCUT2D eigenvalue weighted by Gasteiger charge is 2.59. The standard InChI is InChI=1S/C26H30FN5O7/c1-4-30-10-15(21(34)14-9-17(27)23(29-22(14)30)31-7-5-28-6-8-31)26(38)39-11-16-12(2)19-18(13(3)33)24(35)32(19)20(16)25(36)37/h9-10,12-13,18-19,28,33H,4-8,11H2,1-3H3,(H,36,37)/t12-,13?,18+,19+/m0/s1. The molecule has 39 heavy (non-hydrogen) atoms. The second-order valence-electron chi connectivity index (χ2n) is 10.1. The zero-order chi connectivity index (χ0) is 28.2. The first kappa shape index (κ1) is 26.8. The number of aliphatic carboxylic acids is 1. The molecule has 2 fully saturated rings. The number of aromatic nitrogens is 2. The fourth-order valence-corrected chi connectivity index (χ4v) is 5.82. The predicted octanol–water partition coefficient (Wildman–Crippen LogP) is 0.318. The van der Waals surface area contributed by atoms with E-state index in [1.54, 1.807) is 23.3 Å². The van der Waals surface area contributed by atoms with Crippen molar-refractivity contribution in [2.75, 3.05) is 37.7 Å². The first-order valence-electron chi connectivity index (χ1n) is 12.9. The number of aliphatic hydroxyl groups is 1. The molecule has 3 N–H and O–H groups in total. The molecule has 0 aliphatic carbocycles. The van der Waals surface area contributed by atoms with Gasteiger partial charge in [0.25, 0.3) is 0 Å². The second kappa shape index (κ2) is 10.0. The molecule has 1 amide bonds. The SMILES string of the molecule is CCn1cc(C(=O)OCC2=C(C(=O)O)N3C(=O)[C@H](C(C)O)[C@H]3[C@H]2C)c(=O)c2cc(F)c(N3CCNCC3)nc21. The van der Waals surface area contributed by atoms with E-state index in [2.05, 4.69) is 10.3 Å². The lowest BCUT2D eigenvalue weighted by Crippen LogP contribution is -2.63. The Balaban J connectivity index is 1.45. The summed E-state index contributed by atoms with van der Waals surface area (Å²) in [5.74, 6) is -4.65. The van der Waals surface area contributed by atoms with Gasteiger partial charge in [-0.3, -0.25) is 9.59 Å². The van der Waals surface area contributed by atoms with Crippen molar-refractivity contribution >= 4 is 34.7 Å². The molecular formula is C26H30FN5O7. The average molecular weight is 544 g/mol. The maximum Gasteiger partial charge on any atom is 0.352 e. The van der Waals surface area contributed by atoms with Gasteiger partial charge in [-0.1, -0.05) is 6.92 Å². The van der Waals surface area contributed by atoms with Crippen molar-refractivity contribution in [1.82, 2.24) is 19.8 Å². The number of β-lactam (4-membered cyclic amide) rings is 1. The third-order valence-corrected chi connectivity index (χ3v) is 7.84. The van der Waals surface area contributed by atoms with Gasteiger partial charge in [-0.2, -0.15) is 0 Å². The Kier molecular flexibility index (Phi) is 6.89. The minimum atomic E-state index is -1.35. The Morgan fingerprint density at radius 2 is 1.97 bits per heavy atom. The van der Waals surface area contributed by atoms with Gasteiger partial charge >= 0.3 is 11.9 Å². The third-order valence-electron chi connectivity index (χ3n) is 7.84. The van der Waals surface area contributed by atoms with Crippen LogP contribution in [-0.4, -0.2) is 87.4 Å². The summed E-state index contributed by atoms with van der Waals surface area (Å²) in [6.07, 6.45) is 0.342. The number of nitrogens with zero attached hydrogens (tertiary/aromatic N) is 4. The van der Waals surface area contributed by atoms with E-state index in [0.29, 0.717) is 32.7 Å². The minimum absolute atomic E-state index is 0.0723. The van der Waals surface area contributed by atoms with Crippen LogP contribution in [0.3, 0.4) is 0 Å². The van der Waals surface area contributed by atoms with E-state index in [9.17, 15) is 29.4 Å². The van der Waals surface area contributed by atoms with Crippen LogP contribution in [0.2, 0.25) is 0 Å². The molecule has 0 saturated carbocycles. The van der Waals surface area contributed by atoms with Gasteiger partial charge in [-0.15, -0.1) is 0 Å². The van der Waals surface area contributed by atoms with Crippen LogP contribution in [0.25, 0.3) is 11.0 Å². The number of aliphatic hydroxyl groups excluding tert-OH is 1. The number of carbonyl (C=O) groups excluding carboxylic acids is 2. The summed E-state index contributed by atoms with van der Waals surface area (Å²) in [6, 6.07) is 0.524. The molecule has 2 saturated heterocycles. The van der Waals surface area contributed by atoms with Crippen LogP contribution in [0.5, 0.6) is 0 Å². The zero-order valence-corrected chi connectivity index (χ0v) is 21.8. The maximum absolute atomic E-state index is 15.1. The van der Waals surface area contributed by atoms with Gasteiger partial charge in [0.05, 0.1) is 23.4 Å². The van der Waals surface area contributed by atoms with Crippen LogP contribution in [0.4, 0.5) is 10.2 Å². The molecule has 5 heterocycles. The van der Waals surface area contributed by atoms with Gasteiger partial charge in [-0.05, 0) is 19.9 Å². The van der Waals surface area contributed by atoms with Crippen LogP contribution >= 0.6 is 0 Å². The summed E-state index contributed by atoms with van der Waals surface area (Å²) in [5.41, 5.74) is -0.926. The van der Waals surface area contributed by atoms with Crippen molar-refractivity contribution < 1.29 is 33.7 Å². The normalized spacial score (nSPS) is 23.6. The maximum atomic E-state index is 15.1. The molecule has 12 nitrogen and oxygen atoms in total. The fraction of sp³-hybridized carbons (Fsp3) is 0.500. The highest BCUT2D eigenvalue weighted by Crippen LogP contribution is 2.47. The van der Waals surface area contributed by atoms with Crippen LogP contribution < -0.4 is 15.6 Å². The smallest absolute Gasteiger partial charge is 0.352 e. The number of amides is 1. The molecule has 208 valence electrons. The van der Waals surface area contributed by atoms with E-state index in [1.165, 1.54) is 13.1 Å². The van der Waals surface area contributed by atoms with Gasteiger partial charge in [0.15, 0.2) is 11.6 Å². The van der Waals surface area contributed by atoms with Crippen molar-refractivity contribution in [2.24, 2.45) is 11.8 Å². The summed E-state index contributed by atoms with van der Waals surface area (Å²) < 4.78 is 22.0. The lowest BCUT2D eigenvalue weighted by Gasteiger charge is -2.46. The highest BCUT2D eigenvalue weighted by molar-refractivity contribution is 6.00. The summed E-state index contributed by atoms with van der Waals surface area (Å²) >= 11 is 0. The second-order valence-corrected chi connectivity index (χ2v) is 10.1. The Morgan fingerprint density at radius 1 is 1.28 bits per heavy atom. The largest absolute Gasteiger partial charge is 0.477 e. The van der Waals surface area contributed by atoms with E-state index < -0.39 is 59.7 Å². The molecule has 0 radical (unpaired) electrons. The number of aryl methyl sites for hydroxylation is 1. The van der Waals surface area contributed by atoms with E-state index in [1.807, 2.05) is 0 Å². The van der Waals surface area contributed by atoms with Crippen molar-refractivity contribution in [3.05, 3.63) is 45.1 Å². The van der Waals surface area contributed by atoms with Crippen molar-refractivity contribution in [2.45, 2.75) is 39.5 Å². The molecule has 4 atom stereocenters. The van der Waals surface area contributed by atoms with E-state index in [4.69, 9.17) is 4.74 Å². The number of halogens is 1. The van der Waals surface area contributed by atoms with Gasteiger partial charge in [0.2, 0.25) is 11.3 Å². The predicted molar refractivity (Wildman–Crippen MR) is 137 cm³/mol. The van der Waals surface area contributed by atoms with Gasteiger partial charge in [-0.25, -0.2) is 19.0 Å². The van der Waals surface area contributed by atoms with Crippen molar-refractivity contribution in [1.29, 1.82) is 0 Å². The van der Waals surface area contributed by atoms with Gasteiger partial charge < -0.3 is 34.6 Å². The molecule has 2 aromatic rings. The molecular weight excluding hydrogens is 513 g/mol. The number of anilines is 1. The molecule has 0 bridgehead atoms. The monoisotopic (exact) mass is 543 g/mol. The number of carboxylic acid groups (broad SMARTS) is 1. The highest BCUT2D eigenvalue weighted by atomic mass is 19.1. The molecule has 0 spiro atoms. The van der Waals surface area contributed by atoms with Crippen LogP contribution in [0, 0.1) is 17.7 Å². The number of esters is 1. The number of nitrogens with one attached hydrogen (secondary N) is 1. The lowest BCUT2D eigenvalue weighted by atomic mass is 9.78. The molecule has 3 aliphatic heterocycles. The number of carboxylic acids is 1. The number of hydrogen-bond acceptors (Lipinski definition) is 9. The van der Waals surface area contributed by atoms with E-state index in [0.717, 1.165) is 11.0 Å². The number of pyridine rings is 2. The van der Waals surface area contributed by atoms with Crippen molar-refractivity contribution in [3.8, 4) is 0 Å². The Morgan fingerprint density at radius 3 is 2.59 bits per heavy atom. The van der Waals surface area contributed by atoms with E-state index >= 15 is 4.39 Å². The first-order chi connectivity index (χ1) is 18.6. The van der Waals surface area contributed by atoms with Crippen molar-refractivity contribution in [3.63, 3.8) is 0 Å². The van der Waals surface area contributed by atoms with Crippen LogP contribution in [0.1, 0.15) is 31.1 Å². The van der Waals surface area contributed by atoms with Crippen LogP contribution in [0.15, 0.2) is 28.3 Å². The first-order valence-corrected chi connectivity index (χ1v) is 12.9. The molecule has 13 heteroatoms. The number of ether oxygens (including phenoxy) is 1. The molecule has 0 aromatic carbocycles.